The van der Waals surface area contributed by atoms with E-state index in [4.69, 9.17) is 16.6 Å². The molecule has 0 atom stereocenters. The van der Waals surface area contributed by atoms with E-state index in [1.807, 2.05) is 0 Å². The predicted molar refractivity (Wildman–Crippen MR) is 49.9 cm³/mol. The van der Waals surface area contributed by atoms with Gasteiger partial charge in [0.15, 0.2) is 0 Å². The van der Waals surface area contributed by atoms with Crippen molar-refractivity contribution in [3.05, 3.63) is 0 Å². The standard InChI is InChI=1S/C6H12O2.C2H8N2/c1-2-3-4-5-6(7)8;3-1-2-4/h2-5H2,1H3,(H,7,8);1-4H2. The first-order valence-corrected chi connectivity index (χ1v) is 4.30. The Bertz CT molecular complexity index is 95.1. The van der Waals surface area contributed by atoms with Gasteiger partial charge in [-0.25, -0.2) is 0 Å². The number of carboxylic acids is 1. The third kappa shape index (κ3) is 22.8. The molecule has 74 valence electrons. The van der Waals surface area contributed by atoms with Crippen LogP contribution in [0.4, 0.5) is 0 Å². The highest BCUT2D eigenvalue weighted by atomic mass is 16.4. The summed E-state index contributed by atoms with van der Waals surface area (Å²) < 4.78 is 0. The second-order valence-corrected chi connectivity index (χ2v) is 2.43. The highest BCUT2D eigenvalue weighted by Crippen LogP contribution is 1.97. The van der Waals surface area contributed by atoms with E-state index in [-0.39, 0.29) is 0 Å². The highest BCUT2D eigenvalue weighted by Gasteiger charge is 1.92. The van der Waals surface area contributed by atoms with Gasteiger partial charge in [0.1, 0.15) is 0 Å². The molecule has 0 unspecified atom stereocenters. The molecular formula is C8H20N2O2. The van der Waals surface area contributed by atoms with Crippen molar-refractivity contribution < 1.29 is 9.90 Å². The number of hydrogen-bond donors (Lipinski definition) is 3. The molecule has 0 aromatic heterocycles. The molecule has 0 aliphatic heterocycles. The van der Waals surface area contributed by atoms with Crippen molar-refractivity contribution in [2.75, 3.05) is 13.1 Å². The summed E-state index contributed by atoms with van der Waals surface area (Å²) in [6, 6.07) is 0. The van der Waals surface area contributed by atoms with Gasteiger partial charge in [0.2, 0.25) is 0 Å². The minimum absolute atomic E-state index is 0.327. The van der Waals surface area contributed by atoms with E-state index in [0.717, 1.165) is 19.3 Å². The molecule has 0 radical (unpaired) electrons. The molecule has 0 aromatic carbocycles. The summed E-state index contributed by atoms with van der Waals surface area (Å²) in [6.45, 7) is 3.25. The molecule has 0 spiro atoms. The Balaban J connectivity index is 0. The van der Waals surface area contributed by atoms with Crippen LogP contribution in [0.5, 0.6) is 0 Å². The molecule has 4 nitrogen and oxygen atoms in total. The molecular weight excluding hydrogens is 156 g/mol. The van der Waals surface area contributed by atoms with Crippen molar-refractivity contribution in [2.24, 2.45) is 11.5 Å². The Kier molecular flexibility index (Phi) is 15.1. The number of rotatable bonds is 5. The van der Waals surface area contributed by atoms with Gasteiger partial charge in [0.05, 0.1) is 0 Å². The number of carboxylic acid groups (broad SMARTS) is 1. The van der Waals surface area contributed by atoms with Crippen LogP contribution in [0.1, 0.15) is 32.6 Å². The molecule has 5 N–H and O–H groups in total. The zero-order chi connectivity index (χ0) is 9.82. The quantitative estimate of drug-likeness (QED) is 0.534. The maximum Gasteiger partial charge on any atom is 0.303 e. The molecule has 12 heavy (non-hydrogen) atoms. The minimum atomic E-state index is -0.682. The Morgan fingerprint density at radius 1 is 1.25 bits per heavy atom. The van der Waals surface area contributed by atoms with Crippen LogP contribution in [0.2, 0.25) is 0 Å². The summed E-state index contributed by atoms with van der Waals surface area (Å²) in [5.41, 5.74) is 9.81. The van der Waals surface area contributed by atoms with Crippen molar-refractivity contribution in [3.8, 4) is 0 Å². The summed E-state index contributed by atoms with van der Waals surface area (Å²) >= 11 is 0. The van der Waals surface area contributed by atoms with Crippen LogP contribution in [-0.4, -0.2) is 24.2 Å². The predicted octanol–water partition coefficient (Wildman–Crippen LogP) is 0.555. The molecule has 4 heteroatoms. The summed E-state index contributed by atoms with van der Waals surface area (Å²) in [7, 11) is 0. The molecule has 0 fully saturated rings. The molecule has 0 rings (SSSR count). The third-order valence-corrected chi connectivity index (χ3v) is 1.16. The first-order valence-electron chi connectivity index (χ1n) is 4.30. The number of nitrogens with two attached hydrogens (primary N) is 2. The van der Waals surface area contributed by atoms with Crippen molar-refractivity contribution in [3.63, 3.8) is 0 Å². The lowest BCUT2D eigenvalue weighted by molar-refractivity contribution is -0.137. The van der Waals surface area contributed by atoms with Crippen molar-refractivity contribution >= 4 is 5.97 Å². The van der Waals surface area contributed by atoms with Crippen LogP contribution in [0.3, 0.4) is 0 Å². The zero-order valence-electron chi connectivity index (χ0n) is 7.75. The fourth-order valence-electron chi connectivity index (χ4n) is 0.526. The summed E-state index contributed by atoms with van der Waals surface area (Å²) in [5, 5.41) is 8.14. The first-order chi connectivity index (χ1) is 5.68. The van der Waals surface area contributed by atoms with Gasteiger partial charge in [-0.1, -0.05) is 19.8 Å². The average molecular weight is 176 g/mol. The molecule has 0 bridgehead atoms. The smallest absolute Gasteiger partial charge is 0.303 e. The minimum Gasteiger partial charge on any atom is -0.481 e. The SMILES string of the molecule is CCCCCC(=O)O.NCCN. The molecule has 0 saturated heterocycles. The van der Waals surface area contributed by atoms with E-state index in [0.29, 0.717) is 19.5 Å². The average Bonchev–Trinajstić information content (AvgIpc) is 2.05. The van der Waals surface area contributed by atoms with Gasteiger partial charge in [0.25, 0.3) is 0 Å². The monoisotopic (exact) mass is 176 g/mol. The number of aliphatic carboxylic acids is 1. The number of unbranched alkanes of at least 4 members (excludes halogenated alkanes) is 2. The van der Waals surface area contributed by atoms with Crippen LogP contribution in [0.25, 0.3) is 0 Å². The van der Waals surface area contributed by atoms with Crippen LogP contribution < -0.4 is 11.5 Å². The van der Waals surface area contributed by atoms with Crippen LogP contribution >= 0.6 is 0 Å². The zero-order valence-corrected chi connectivity index (χ0v) is 7.75. The van der Waals surface area contributed by atoms with Crippen LogP contribution in [0.15, 0.2) is 0 Å². The fourth-order valence-corrected chi connectivity index (χ4v) is 0.526. The Hall–Kier alpha value is -0.610. The molecule has 0 aliphatic carbocycles. The maximum atomic E-state index is 9.87. The van der Waals surface area contributed by atoms with Crippen molar-refractivity contribution in [1.82, 2.24) is 0 Å². The van der Waals surface area contributed by atoms with Crippen molar-refractivity contribution in [2.45, 2.75) is 32.6 Å². The van der Waals surface area contributed by atoms with Gasteiger partial charge >= 0.3 is 5.97 Å². The fraction of sp³-hybridized carbons (Fsp3) is 0.875. The summed E-state index contributed by atoms with van der Waals surface area (Å²) in [5.74, 6) is -0.682. The van der Waals surface area contributed by atoms with Gasteiger partial charge in [-0.2, -0.15) is 0 Å². The maximum absolute atomic E-state index is 9.87. The summed E-state index contributed by atoms with van der Waals surface area (Å²) in [6.07, 6.45) is 3.28. The first kappa shape index (κ1) is 13.9. The lowest BCUT2D eigenvalue weighted by Crippen LogP contribution is -2.11. The number of carbonyl (C=O) groups is 1. The molecule has 0 amide bonds. The second-order valence-electron chi connectivity index (χ2n) is 2.43. The van der Waals surface area contributed by atoms with Gasteiger partial charge in [-0.05, 0) is 6.42 Å². The van der Waals surface area contributed by atoms with E-state index in [1.165, 1.54) is 0 Å². The molecule has 0 aliphatic rings. The molecule has 0 aromatic rings. The van der Waals surface area contributed by atoms with E-state index in [2.05, 4.69) is 6.92 Å². The summed E-state index contributed by atoms with van der Waals surface area (Å²) in [4.78, 5) is 9.87. The van der Waals surface area contributed by atoms with Crippen LogP contribution in [0, 0.1) is 0 Å². The largest absolute Gasteiger partial charge is 0.481 e. The lowest BCUT2D eigenvalue weighted by atomic mass is 10.2. The van der Waals surface area contributed by atoms with Crippen LogP contribution in [-0.2, 0) is 4.79 Å². The van der Waals surface area contributed by atoms with Gasteiger partial charge in [-0.15, -0.1) is 0 Å². The molecule has 0 heterocycles. The second kappa shape index (κ2) is 13.0. The lowest BCUT2D eigenvalue weighted by Gasteiger charge is -1.89. The van der Waals surface area contributed by atoms with Gasteiger partial charge in [-0.3, -0.25) is 4.79 Å². The van der Waals surface area contributed by atoms with E-state index in [9.17, 15) is 4.79 Å². The normalized spacial score (nSPS) is 8.58. The van der Waals surface area contributed by atoms with E-state index < -0.39 is 5.97 Å². The molecule has 0 saturated carbocycles. The van der Waals surface area contributed by atoms with E-state index >= 15 is 0 Å². The third-order valence-electron chi connectivity index (χ3n) is 1.16. The van der Waals surface area contributed by atoms with Gasteiger partial charge in [0, 0.05) is 19.5 Å². The Morgan fingerprint density at radius 2 is 1.75 bits per heavy atom. The Morgan fingerprint density at radius 3 is 2.00 bits per heavy atom. The highest BCUT2D eigenvalue weighted by molar-refractivity contribution is 5.66. The van der Waals surface area contributed by atoms with Gasteiger partial charge < -0.3 is 16.6 Å². The topological polar surface area (TPSA) is 89.3 Å². The number of hydrogen-bond acceptors (Lipinski definition) is 3. The van der Waals surface area contributed by atoms with E-state index in [1.54, 1.807) is 0 Å². The van der Waals surface area contributed by atoms with Crippen molar-refractivity contribution in [1.29, 1.82) is 0 Å². The Labute approximate surface area is 73.9 Å².